The molecular formula is C12H15O2S. The Morgan fingerprint density at radius 2 is 1.93 bits per heavy atom. The zero-order chi connectivity index (χ0) is 10.8. The van der Waals surface area contributed by atoms with E-state index in [4.69, 9.17) is 0 Å². The molecule has 0 N–H and O–H groups in total. The van der Waals surface area contributed by atoms with Gasteiger partial charge in [-0.05, 0) is 37.1 Å². The molecule has 0 atom stereocenters. The first kappa shape index (κ1) is 12.1. The highest BCUT2D eigenvalue weighted by Gasteiger charge is 1.93. The lowest BCUT2D eigenvalue weighted by Gasteiger charge is -2.01. The van der Waals surface area contributed by atoms with Gasteiger partial charge in [0.15, 0.2) is 0 Å². The summed E-state index contributed by atoms with van der Waals surface area (Å²) in [6, 6.07) is 10.4. The quantitative estimate of drug-likeness (QED) is 0.500. The lowest BCUT2D eigenvalue weighted by Crippen LogP contribution is -1.91. The van der Waals surface area contributed by atoms with Crippen LogP contribution < -0.4 is 0 Å². The van der Waals surface area contributed by atoms with Crippen LogP contribution in [0.1, 0.15) is 19.3 Å². The Balaban J connectivity index is 1.95. The maximum absolute atomic E-state index is 9.73. The summed E-state index contributed by atoms with van der Waals surface area (Å²) in [5.74, 6) is 1.12. The predicted molar refractivity (Wildman–Crippen MR) is 62.7 cm³/mol. The maximum atomic E-state index is 9.73. The van der Waals surface area contributed by atoms with E-state index in [1.165, 1.54) is 11.4 Å². The van der Waals surface area contributed by atoms with Crippen molar-refractivity contribution in [3.63, 3.8) is 0 Å². The molecular weight excluding hydrogens is 208 g/mol. The van der Waals surface area contributed by atoms with Crippen LogP contribution in [-0.2, 0) is 9.53 Å². The molecule has 0 heterocycles. The molecule has 0 bridgehead atoms. The van der Waals surface area contributed by atoms with Crippen molar-refractivity contribution >= 4 is 18.2 Å². The predicted octanol–water partition coefficient (Wildman–Crippen LogP) is 3.03. The van der Waals surface area contributed by atoms with Crippen LogP contribution in [0.4, 0.5) is 0 Å². The zero-order valence-corrected chi connectivity index (χ0v) is 9.46. The topological polar surface area (TPSA) is 26.3 Å². The van der Waals surface area contributed by atoms with E-state index in [0.29, 0.717) is 6.61 Å². The number of thioether (sulfide) groups is 1. The second-order valence-corrected chi connectivity index (χ2v) is 4.32. The molecule has 15 heavy (non-hydrogen) atoms. The van der Waals surface area contributed by atoms with Crippen LogP contribution in [0, 0.1) is 0 Å². The van der Waals surface area contributed by atoms with Crippen LogP contribution >= 0.6 is 11.8 Å². The van der Waals surface area contributed by atoms with Crippen molar-refractivity contribution in [1.29, 1.82) is 0 Å². The first-order valence-corrected chi connectivity index (χ1v) is 6.09. The molecule has 0 aliphatic rings. The third kappa shape index (κ3) is 6.18. The Morgan fingerprint density at radius 1 is 1.13 bits per heavy atom. The van der Waals surface area contributed by atoms with Gasteiger partial charge in [-0.2, -0.15) is 0 Å². The number of hydrogen-bond donors (Lipinski definition) is 0. The summed E-state index contributed by atoms with van der Waals surface area (Å²) in [5, 5.41) is 0. The Hall–Kier alpha value is -0.960. The third-order valence-electron chi connectivity index (χ3n) is 1.96. The third-order valence-corrected chi connectivity index (χ3v) is 3.06. The van der Waals surface area contributed by atoms with Crippen molar-refractivity contribution in [3.8, 4) is 0 Å². The first-order valence-electron chi connectivity index (χ1n) is 5.10. The smallest absolute Gasteiger partial charge is 0.417 e. The highest BCUT2D eigenvalue weighted by atomic mass is 32.2. The van der Waals surface area contributed by atoms with Crippen LogP contribution in [0.2, 0.25) is 0 Å². The molecule has 1 rings (SSSR count). The summed E-state index contributed by atoms with van der Waals surface area (Å²) < 4.78 is 4.49. The lowest BCUT2D eigenvalue weighted by molar-refractivity contribution is 0.270. The van der Waals surface area contributed by atoms with Gasteiger partial charge in [0, 0.05) is 4.90 Å². The molecule has 1 aromatic carbocycles. The Labute approximate surface area is 95.0 Å². The van der Waals surface area contributed by atoms with Crippen LogP contribution in [0.25, 0.3) is 0 Å². The average Bonchev–Trinajstić information content (AvgIpc) is 2.29. The van der Waals surface area contributed by atoms with Gasteiger partial charge in [-0.25, -0.2) is 4.79 Å². The minimum Gasteiger partial charge on any atom is -0.457 e. The molecule has 0 saturated carbocycles. The fourth-order valence-corrected chi connectivity index (χ4v) is 2.14. The van der Waals surface area contributed by atoms with Crippen molar-refractivity contribution in [3.05, 3.63) is 30.3 Å². The highest BCUT2D eigenvalue weighted by molar-refractivity contribution is 7.99. The van der Waals surface area contributed by atoms with Gasteiger partial charge in [0.1, 0.15) is 0 Å². The molecule has 0 saturated heterocycles. The van der Waals surface area contributed by atoms with Crippen LogP contribution in [0.5, 0.6) is 0 Å². The van der Waals surface area contributed by atoms with Crippen LogP contribution in [0.3, 0.4) is 0 Å². The van der Waals surface area contributed by atoms with E-state index in [1.807, 2.05) is 17.8 Å². The zero-order valence-electron chi connectivity index (χ0n) is 8.65. The van der Waals surface area contributed by atoms with Crippen molar-refractivity contribution in [2.75, 3.05) is 12.4 Å². The average molecular weight is 223 g/mol. The molecule has 1 aromatic rings. The second-order valence-electron chi connectivity index (χ2n) is 3.15. The fraction of sp³-hybridized carbons (Fsp3) is 0.417. The maximum Gasteiger partial charge on any atom is 0.417 e. The van der Waals surface area contributed by atoms with Crippen molar-refractivity contribution in [1.82, 2.24) is 0 Å². The molecule has 0 fully saturated rings. The lowest BCUT2D eigenvalue weighted by atomic mass is 10.3. The van der Waals surface area contributed by atoms with Gasteiger partial charge in [-0.1, -0.05) is 18.2 Å². The van der Waals surface area contributed by atoms with E-state index < -0.39 is 0 Å². The number of ether oxygens (including phenoxy) is 1. The van der Waals surface area contributed by atoms with Gasteiger partial charge >= 0.3 is 6.47 Å². The van der Waals surface area contributed by atoms with E-state index >= 15 is 0 Å². The molecule has 3 heteroatoms. The number of carbonyl (C=O) groups excluding carboxylic acids is 1. The summed E-state index contributed by atoms with van der Waals surface area (Å²) in [4.78, 5) is 11.0. The van der Waals surface area contributed by atoms with E-state index in [0.717, 1.165) is 25.0 Å². The van der Waals surface area contributed by atoms with Crippen molar-refractivity contribution < 1.29 is 9.53 Å². The van der Waals surface area contributed by atoms with E-state index in [1.54, 1.807) is 0 Å². The fourth-order valence-electron chi connectivity index (χ4n) is 1.20. The largest absolute Gasteiger partial charge is 0.457 e. The minimum absolute atomic E-state index is 0.500. The minimum atomic E-state index is 0.500. The van der Waals surface area contributed by atoms with Gasteiger partial charge in [0.05, 0.1) is 6.61 Å². The van der Waals surface area contributed by atoms with E-state index in [-0.39, 0.29) is 0 Å². The van der Waals surface area contributed by atoms with Gasteiger partial charge in [0.25, 0.3) is 0 Å². The number of hydrogen-bond acceptors (Lipinski definition) is 3. The normalized spacial score (nSPS) is 9.87. The SMILES string of the molecule is O=[C]OCCCCCSc1ccccc1. The summed E-state index contributed by atoms with van der Waals surface area (Å²) >= 11 is 1.87. The molecule has 1 radical (unpaired) electrons. The molecule has 0 amide bonds. The molecule has 2 nitrogen and oxygen atoms in total. The summed E-state index contributed by atoms with van der Waals surface area (Å²) in [6.07, 6.45) is 3.19. The monoisotopic (exact) mass is 223 g/mol. The van der Waals surface area contributed by atoms with E-state index in [2.05, 4.69) is 29.0 Å². The molecule has 0 spiro atoms. The molecule has 0 aliphatic carbocycles. The van der Waals surface area contributed by atoms with Gasteiger partial charge < -0.3 is 4.74 Å². The van der Waals surface area contributed by atoms with E-state index in [9.17, 15) is 4.79 Å². The van der Waals surface area contributed by atoms with Crippen LogP contribution in [0.15, 0.2) is 35.2 Å². The summed E-state index contributed by atoms with van der Waals surface area (Å²) in [7, 11) is 0. The summed E-state index contributed by atoms with van der Waals surface area (Å²) in [5.41, 5.74) is 0. The number of unbranched alkanes of at least 4 members (excludes halogenated alkanes) is 2. The number of benzene rings is 1. The molecule has 0 unspecified atom stereocenters. The van der Waals surface area contributed by atoms with Crippen LogP contribution in [-0.4, -0.2) is 18.8 Å². The second kappa shape index (κ2) is 8.36. The molecule has 0 aliphatic heterocycles. The van der Waals surface area contributed by atoms with Crippen molar-refractivity contribution in [2.24, 2.45) is 0 Å². The molecule has 0 aromatic heterocycles. The van der Waals surface area contributed by atoms with Crippen molar-refractivity contribution in [2.45, 2.75) is 24.2 Å². The standard InChI is InChI=1S/C12H15O2S/c13-11-14-9-5-2-6-10-15-12-7-3-1-4-8-12/h1,3-4,7-8H,2,5-6,9-10H2. The highest BCUT2D eigenvalue weighted by Crippen LogP contribution is 2.18. The first-order chi connectivity index (χ1) is 7.43. The molecule has 81 valence electrons. The van der Waals surface area contributed by atoms with Gasteiger partial charge in [-0.15, -0.1) is 11.8 Å². The Kier molecular flexibility index (Phi) is 6.75. The summed E-state index contributed by atoms with van der Waals surface area (Å²) in [6.45, 7) is 1.93. The van der Waals surface area contributed by atoms with Gasteiger partial charge in [-0.3, -0.25) is 0 Å². The number of rotatable bonds is 8. The Bertz CT molecular complexity index is 262. The Morgan fingerprint density at radius 3 is 2.67 bits per heavy atom. The van der Waals surface area contributed by atoms with Gasteiger partial charge in [0.2, 0.25) is 0 Å².